The van der Waals surface area contributed by atoms with Gasteiger partial charge in [0, 0.05) is 35.3 Å². The van der Waals surface area contributed by atoms with Gasteiger partial charge in [0.1, 0.15) is 0 Å². The van der Waals surface area contributed by atoms with Gasteiger partial charge in [-0.2, -0.15) is 0 Å². The van der Waals surface area contributed by atoms with Crippen molar-refractivity contribution in [1.29, 1.82) is 0 Å². The zero-order valence-electron chi connectivity index (χ0n) is 16.1. The van der Waals surface area contributed by atoms with Crippen LogP contribution in [0.4, 0.5) is 5.13 Å². The molecule has 7 heteroatoms. The number of nitrogens with one attached hydrogen (secondary N) is 1. The van der Waals surface area contributed by atoms with Crippen LogP contribution in [0.25, 0.3) is 11.3 Å². The molecule has 0 saturated carbocycles. The van der Waals surface area contributed by atoms with Gasteiger partial charge in [0.15, 0.2) is 5.13 Å². The number of piperidine rings is 1. The maximum Gasteiger partial charge on any atom is 0.240 e. The average molecular weight is 409 g/mol. The Morgan fingerprint density at radius 2 is 2.10 bits per heavy atom. The Balaban J connectivity index is 1.41. The van der Waals surface area contributed by atoms with Gasteiger partial charge >= 0.3 is 0 Å². The van der Waals surface area contributed by atoms with E-state index in [2.05, 4.69) is 21.3 Å². The second kappa shape index (κ2) is 9.26. The SMILES string of the molecule is O=C(CN1CCC[C@H](c2cccc(-c3ccc(CO)cc3)n2)C1)Nc1nccs1. The summed E-state index contributed by atoms with van der Waals surface area (Å²) in [5, 5.41) is 14.6. The third-order valence-corrected chi connectivity index (χ3v) is 5.86. The summed E-state index contributed by atoms with van der Waals surface area (Å²) in [7, 11) is 0. The molecule has 1 aliphatic heterocycles. The lowest BCUT2D eigenvalue weighted by atomic mass is 9.93. The number of hydrogen-bond acceptors (Lipinski definition) is 6. The summed E-state index contributed by atoms with van der Waals surface area (Å²) in [6.07, 6.45) is 3.81. The number of carbonyl (C=O) groups is 1. The van der Waals surface area contributed by atoms with Crippen molar-refractivity contribution in [3.8, 4) is 11.3 Å². The molecule has 0 aliphatic carbocycles. The summed E-state index contributed by atoms with van der Waals surface area (Å²) in [5.74, 6) is 0.291. The highest BCUT2D eigenvalue weighted by molar-refractivity contribution is 7.13. The molecule has 6 nitrogen and oxygen atoms in total. The largest absolute Gasteiger partial charge is 0.392 e. The lowest BCUT2D eigenvalue weighted by Crippen LogP contribution is -2.40. The molecule has 1 atom stereocenters. The van der Waals surface area contributed by atoms with Crippen LogP contribution in [-0.4, -0.2) is 45.5 Å². The van der Waals surface area contributed by atoms with Crippen molar-refractivity contribution in [2.24, 2.45) is 0 Å². The second-order valence-electron chi connectivity index (χ2n) is 7.26. The molecule has 29 heavy (non-hydrogen) atoms. The van der Waals surface area contributed by atoms with Crippen molar-refractivity contribution in [3.05, 3.63) is 65.3 Å². The lowest BCUT2D eigenvalue weighted by molar-refractivity contribution is -0.117. The molecule has 0 spiro atoms. The molecule has 150 valence electrons. The standard InChI is InChI=1S/C22H24N4O2S/c27-15-16-6-8-17(9-7-16)19-4-1-5-20(24-19)18-3-2-11-26(13-18)14-21(28)25-22-23-10-12-29-22/h1,4-10,12,18,27H,2-3,11,13-15H2,(H,23,25,28)/t18-/m0/s1. The topological polar surface area (TPSA) is 78.4 Å². The number of thiazole rings is 1. The maximum absolute atomic E-state index is 12.3. The molecule has 0 radical (unpaired) electrons. The van der Waals surface area contributed by atoms with Gasteiger partial charge in [-0.25, -0.2) is 4.98 Å². The fraction of sp³-hybridized carbons (Fsp3) is 0.318. The Labute approximate surface area is 174 Å². The Bertz CT molecular complexity index is 944. The van der Waals surface area contributed by atoms with Gasteiger partial charge < -0.3 is 10.4 Å². The van der Waals surface area contributed by atoms with Crippen LogP contribution in [0.1, 0.15) is 30.0 Å². The first kappa shape index (κ1) is 19.7. The molecule has 1 aliphatic rings. The molecule has 1 aromatic carbocycles. The van der Waals surface area contributed by atoms with E-state index < -0.39 is 0 Å². The van der Waals surface area contributed by atoms with Crippen LogP contribution in [-0.2, 0) is 11.4 Å². The van der Waals surface area contributed by atoms with Crippen LogP contribution in [0.3, 0.4) is 0 Å². The lowest BCUT2D eigenvalue weighted by Gasteiger charge is -2.32. The van der Waals surface area contributed by atoms with Crippen LogP contribution >= 0.6 is 11.3 Å². The molecule has 3 aromatic rings. The van der Waals surface area contributed by atoms with Crippen molar-refractivity contribution < 1.29 is 9.90 Å². The Morgan fingerprint density at radius 1 is 1.24 bits per heavy atom. The number of benzene rings is 1. The van der Waals surface area contributed by atoms with Gasteiger partial charge in [-0.15, -0.1) is 11.3 Å². The highest BCUT2D eigenvalue weighted by atomic mass is 32.1. The smallest absolute Gasteiger partial charge is 0.240 e. The number of aromatic nitrogens is 2. The van der Waals surface area contributed by atoms with E-state index in [9.17, 15) is 9.90 Å². The van der Waals surface area contributed by atoms with Crippen molar-refractivity contribution in [2.75, 3.05) is 25.0 Å². The number of pyridine rings is 1. The molecule has 0 unspecified atom stereocenters. The molecule has 0 bridgehead atoms. The predicted octanol–water partition coefficient (Wildman–Crippen LogP) is 3.52. The normalized spacial score (nSPS) is 17.2. The first-order chi connectivity index (χ1) is 14.2. The van der Waals surface area contributed by atoms with Gasteiger partial charge in [0.05, 0.1) is 18.8 Å². The summed E-state index contributed by atoms with van der Waals surface area (Å²) >= 11 is 1.43. The number of aliphatic hydroxyl groups excluding tert-OH is 1. The number of carbonyl (C=O) groups excluding carboxylic acids is 1. The second-order valence-corrected chi connectivity index (χ2v) is 8.16. The van der Waals surface area contributed by atoms with Crippen molar-refractivity contribution in [3.63, 3.8) is 0 Å². The van der Waals surface area contributed by atoms with Crippen LogP contribution in [0.2, 0.25) is 0 Å². The summed E-state index contributed by atoms with van der Waals surface area (Å²) < 4.78 is 0. The fourth-order valence-electron chi connectivity index (χ4n) is 3.71. The number of amides is 1. The van der Waals surface area contributed by atoms with Gasteiger partial charge in [0.25, 0.3) is 0 Å². The number of aliphatic hydroxyl groups is 1. The van der Waals surface area contributed by atoms with E-state index in [1.54, 1.807) is 6.20 Å². The summed E-state index contributed by atoms with van der Waals surface area (Å²) in [6.45, 7) is 2.16. The first-order valence-corrected chi connectivity index (χ1v) is 10.7. The Morgan fingerprint density at radius 3 is 2.86 bits per heavy atom. The maximum atomic E-state index is 12.3. The van der Waals surface area contributed by atoms with Crippen molar-refractivity contribution in [2.45, 2.75) is 25.4 Å². The van der Waals surface area contributed by atoms with E-state index in [1.807, 2.05) is 41.8 Å². The highest BCUT2D eigenvalue weighted by Gasteiger charge is 2.24. The van der Waals surface area contributed by atoms with E-state index >= 15 is 0 Å². The number of nitrogens with zero attached hydrogens (tertiary/aromatic N) is 3. The van der Waals surface area contributed by atoms with E-state index in [4.69, 9.17) is 4.98 Å². The minimum Gasteiger partial charge on any atom is -0.392 e. The van der Waals surface area contributed by atoms with E-state index in [1.165, 1.54) is 11.3 Å². The fourth-order valence-corrected chi connectivity index (χ4v) is 4.25. The van der Waals surface area contributed by atoms with E-state index in [0.29, 0.717) is 17.6 Å². The number of likely N-dealkylation sites (tertiary alicyclic amines) is 1. The van der Waals surface area contributed by atoms with Crippen molar-refractivity contribution in [1.82, 2.24) is 14.9 Å². The highest BCUT2D eigenvalue weighted by Crippen LogP contribution is 2.28. The minimum absolute atomic E-state index is 0.0220. The minimum atomic E-state index is -0.0220. The molecule has 2 N–H and O–H groups in total. The van der Waals surface area contributed by atoms with Crippen molar-refractivity contribution >= 4 is 22.4 Å². The number of rotatable bonds is 6. The molecule has 1 saturated heterocycles. The summed E-state index contributed by atoms with van der Waals surface area (Å²) in [4.78, 5) is 23.5. The van der Waals surface area contributed by atoms with Crippen LogP contribution < -0.4 is 5.32 Å². The summed E-state index contributed by atoms with van der Waals surface area (Å²) in [6, 6.07) is 14.0. The first-order valence-electron chi connectivity index (χ1n) is 9.80. The van der Waals surface area contributed by atoms with Crippen LogP contribution in [0, 0.1) is 0 Å². The van der Waals surface area contributed by atoms with Gasteiger partial charge in [-0.3, -0.25) is 14.7 Å². The molecule has 1 amide bonds. The summed E-state index contributed by atoms with van der Waals surface area (Å²) in [5.41, 5.74) is 3.94. The number of anilines is 1. The van der Waals surface area contributed by atoms with E-state index in [-0.39, 0.29) is 12.5 Å². The van der Waals surface area contributed by atoms with Crippen LogP contribution in [0.15, 0.2) is 54.0 Å². The average Bonchev–Trinajstić information content (AvgIpc) is 3.27. The Kier molecular flexibility index (Phi) is 6.29. The molecular weight excluding hydrogens is 384 g/mol. The van der Waals surface area contributed by atoms with Gasteiger partial charge in [-0.05, 0) is 37.1 Å². The molecule has 4 rings (SSSR count). The third-order valence-electron chi connectivity index (χ3n) is 5.17. The molecular formula is C22H24N4O2S. The third kappa shape index (κ3) is 5.06. The zero-order chi connectivity index (χ0) is 20.1. The number of hydrogen-bond donors (Lipinski definition) is 2. The van der Waals surface area contributed by atoms with Crippen LogP contribution in [0.5, 0.6) is 0 Å². The van der Waals surface area contributed by atoms with Gasteiger partial charge in [-0.1, -0.05) is 30.3 Å². The van der Waals surface area contributed by atoms with E-state index in [0.717, 1.165) is 48.4 Å². The molecule has 1 fully saturated rings. The molecule has 3 heterocycles. The quantitative estimate of drug-likeness (QED) is 0.653. The zero-order valence-corrected chi connectivity index (χ0v) is 16.9. The Hall–Kier alpha value is -2.61. The van der Waals surface area contributed by atoms with Gasteiger partial charge in [0.2, 0.25) is 5.91 Å². The predicted molar refractivity (Wildman–Crippen MR) is 115 cm³/mol. The monoisotopic (exact) mass is 408 g/mol. The molecule has 2 aromatic heterocycles.